The van der Waals surface area contributed by atoms with Gasteiger partial charge in [0.1, 0.15) is 5.82 Å². The van der Waals surface area contributed by atoms with Gasteiger partial charge >= 0.3 is 0 Å². The molecular weight excluding hydrogens is 188 g/mol. The molecule has 2 heterocycles. The van der Waals surface area contributed by atoms with Crippen molar-refractivity contribution in [1.82, 2.24) is 9.97 Å². The van der Waals surface area contributed by atoms with E-state index < -0.39 is 9.84 Å². The summed E-state index contributed by atoms with van der Waals surface area (Å²) in [6.07, 6.45) is 1.39. The second-order valence-electron chi connectivity index (χ2n) is 3.30. The number of imidazole rings is 1. The molecule has 1 aliphatic rings. The Balaban J connectivity index is 2.40. The first-order valence-electron chi connectivity index (χ1n) is 4.38. The van der Waals surface area contributed by atoms with Crippen LogP contribution in [-0.2, 0) is 28.4 Å². The first-order valence-corrected chi connectivity index (χ1v) is 6.20. The van der Waals surface area contributed by atoms with Crippen LogP contribution in [0.3, 0.4) is 0 Å². The van der Waals surface area contributed by atoms with E-state index in [4.69, 9.17) is 0 Å². The van der Waals surface area contributed by atoms with Crippen molar-refractivity contribution < 1.29 is 8.42 Å². The number of nitrogens with zero attached hydrogens (tertiary/aromatic N) is 1. The first-order chi connectivity index (χ1) is 6.11. The van der Waals surface area contributed by atoms with E-state index in [0.29, 0.717) is 6.42 Å². The van der Waals surface area contributed by atoms with E-state index in [1.807, 2.05) is 6.92 Å². The summed E-state index contributed by atoms with van der Waals surface area (Å²) in [6, 6.07) is 0. The largest absolute Gasteiger partial charge is 0.345 e. The van der Waals surface area contributed by atoms with Gasteiger partial charge in [0, 0.05) is 12.8 Å². The lowest BCUT2D eigenvalue weighted by Crippen LogP contribution is -2.18. The van der Waals surface area contributed by atoms with Crippen LogP contribution in [0.1, 0.15) is 24.1 Å². The van der Waals surface area contributed by atoms with Gasteiger partial charge in [-0.15, -0.1) is 0 Å². The van der Waals surface area contributed by atoms with Crippen LogP contribution < -0.4 is 0 Å². The first kappa shape index (κ1) is 8.74. The molecule has 0 aromatic carbocycles. The fourth-order valence-electron chi connectivity index (χ4n) is 1.54. The number of aromatic nitrogens is 2. The molecule has 13 heavy (non-hydrogen) atoms. The van der Waals surface area contributed by atoms with E-state index in [2.05, 4.69) is 9.97 Å². The quantitative estimate of drug-likeness (QED) is 0.715. The molecule has 0 saturated carbocycles. The maximum atomic E-state index is 11.3. The van der Waals surface area contributed by atoms with E-state index in [1.54, 1.807) is 0 Å². The van der Waals surface area contributed by atoms with E-state index in [-0.39, 0.29) is 11.5 Å². The summed E-state index contributed by atoms with van der Waals surface area (Å²) in [5, 5.41) is 0. The van der Waals surface area contributed by atoms with Gasteiger partial charge in [0.25, 0.3) is 0 Å². The van der Waals surface area contributed by atoms with Crippen molar-refractivity contribution in [3.8, 4) is 0 Å². The van der Waals surface area contributed by atoms with Crippen molar-refractivity contribution >= 4 is 9.84 Å². The number of hydrogen-bond donors (Lipinski definition) is 1. The zero-order chi connectivity index (χ0) is 9.47. The van der Waals surface area contributed by atoms with E-state index in [9.17, 15) is 8.42 Å². The summed E-state index contributed by atoms with van der Waals surface area (Å²) in [5.41, 5.74) is 1.73. The van der Waals surface area contributed by atoms with Crippen molar-refractivity contribution in [2.75, 3.05) is 5.75 Å². The van der Waals surface area contributed by atoms with Crippen molar-refractivity contribution in [1.29, 1.82) is 0 Å². The normalized spacial score (nSPS) is 19.8. The van der Waals surface area contributed by atoms with Gasteiger partial charge in [-0.2, -0.15) is 0 Å². The van der Waals surface area contributed by atoms with Crippen LogP contribution in [0.15, 0.2) is 0 Å². The molecule has 1 aromatic heterocycles. The summed E-state index contributed by atoms with van der Waals surface area (Å²) in [5.74, 6) is 1.27. The van der Waals surface area contributed by atoms with Crippen molar-refractivity contribution in [2.24, 2.45) is 0 Å². The molecule has 4 nitrogen and oxygen atoms in total. The van der Waals surface area contributed by atoms with E-state index in [0.717, 1.165) is 23.6 Å². The number of H-pyrrole nitrogens is 1. The fraction of sp³-hybridized carbons (Fsp3) is 0.625. The molecule has 2 rings (SSSR count). The molecule has 0 spiro atoms. The molecule has 0 fully saturated rings. The molecule has 1 N–H and O–H groups in total. The van der Waals surface area contributed by atoms with Crippen LogP contribution in [0.25, 0.3) is 0 Å². The van der Waals surface area contributed by atoms with Gasteiger partial charge in [-0.25, -0.2) is 13.4 Å². The maximum Gasteiger partial charge on any atom is 0.156 e. The third kappa shape index (κ3) is 1.60. The summed E-state index contributed by atoms with van der Waals surface area (Å²) in [4.78, 5) is 7.36. The SMILES string of the molecule is CCc1nc2c([nH]1)CS(=O)(=O)CC2. The van der Waals surface area contributed by atoms with E-state index in [1.165, 1.54) is 0 Å². The number of nitrogens with one attached hydrogen (secondary N) is 1. The van der Waals surface area contributed by atoms with Crippen molar-refractivity contribution in [2.45, 2.75) is 25.5 Å². The third-order valence-corrected chi connectivity index (χ3v) is 3.82. The number of rotatable bonds is 1. The lowest BCUT2D eigenvalue weighted by Gasteiger charge is -2.09. The summed E-state index contributed by atoms with van der Waals surface area (Å²) in [7, 11) is -2.86. The van der Waals surface area contributed by atoms with Crippen molar-refractivity contribution in [3.63, 3.8) is 0 Å². The van der Waals surface area contributed by atoms with Gasteiger partial charge in [0.2, 0.25) is 0 Å². The number of hydrogen-bond acceptors (Lipinski definition) is 3. The highest BCUT2D eigenvalue weighted by molar-refractivity contribution is 7.90. The standard InChI is InChI=1S/C8H12N2O2S/c1-2-8-9-6-3-4-13(11,12)5-7(6)10-8/h2-5H2,1H3,(H,9,10). The molecule has 0 atom stereocenters. The number of aryl methyl sites for hydroxylation is 2. The van der Waals surface area contributed by atoms with E-state index >= 15 is 0 Å². The minimum Gasteiger partial charge on any atom is -0.345 e. The Hall–Kier alpha value is -0.840. The highest BCUT2D eigenvalue weighted by Crippen LogP contribution is 2.18. The number of aromatic amines is 1. The molecule has 0 amide bonds. The van der Waals surface area contributed by atoms with Crippen LogP contribution in [0.2, 0.25) is 0 Å². The molecule has 0 unspecified atom stereocenters. The predicted octanol–water partition coefficient (Wildman–Crippen LogP) is 0.443. The summed E-state index contributed by atoms with van der Waals surface area (Å²) < 4.78 is 22.5. The Morgan fingerprint density at radius 3 is 3.00 bits per heavy atom. The number of fused-ring (bicyclic) bond motifs is 1. The Bertz CT molecular complexity index is 419. The molecule has 0 saturated heterocycles. The molecule has 0 bridgehead atoms. The topological polar surface area (TPSA) is 62.8 Å². The van der Waals surface area contributed by atoms with Gasteiger partial charge in [-0.05, 0) is 0 Å². The highest BCUT2D eigenvalue weighted by Gasteiger charge is 2.23. The zero-order valence-corrected chi connectivity index (χ0v) is 8.32. The predicted molar refractivity (Wildman–Crippen MR) is 49.2 cm³/mol. The van der Waals surface area contributed by atoms with Gasteiger partial charge in [0.05, 0.1) is 22.9 Å². The van der Waals surface area contributed by atoms with Crippen molar-refractivity contribution in [3.05, 3.63) is 17.2 Å². The molecule has 1 aromatic rings. The second kappa shape index (κ2) is 2.83. The summed E-state index contributed by atoms with van der Waals surface area (Å²) in [6.45, 7) is 2.00. The van der Waals surface area contributed by atoms with Gasteiger partial charge < -0.3 is 4.98 Å². The maximum absolute atomic E-state index is 11.3. The Kier molecular flexibility index (Phi) is 1.91. The molecule has 5 heteroatoms. The van der Waals surface area contributed by atoms with Crippen LogP contribution in [0.5, 0.6) is 0 Å². The third-order valence-electron chi connectivity index (χ3n) is 2.26. The lowest BCUT2D eigenvalue weighted by molar-refractivity contribution is 0.590. The monoisotopic (exact) mass is 200 g/mol. The smallest absolute Gasteiger partial charge is 0.156 e. The Morgan fingerprint density at radius 1 is 1.54 bits per heavy atom. The average Bonchev–Trinajstić information content (AvgIpc) is 2.44. The molecule has 72 valence electrons. The van der Waals surface area contributed by atoms with Gasteiger partial charge in [-0.1, -0.05) is 6.92 Å². The minimum atomic E-state index is -2.86. The minimum absolute atomic E-state index is 0.134. The number of sulfone groups is 1. The fourth-order valence-corrected chi connectivity index (χ4v) is 2.87. The molecule has 0 aliphatic carbocycles. The lowest BCUT2D eigenvalue weighted by atomic mass is 10.3. The molecular formula is C8H12N2O2S. The van der Waals surface area contributed by atoms with Gasteiger partial charge in [0.15, 0.2) is 9.84 Å². The second-order valence-corrected chi connectivity index (χ2v) is 5.49. The summed E-state index contributed by atoms with van der Waals surface area (Å²) >= 11 is 0. The van der Waals surface area contributed by atoms with Crippen LogP contribution in [0.4, 0.5) is 0 Å². The van der Waals surface area contributed by atoms with Gasteiger partial charge in [-0.3, -0.25) is 0 Å². The average molecular weight is 200 g/mol. The Labute approximate surface area is 77.3 Å². The molecule has 0 radical (unpaired) electrons. The highest BCUT2D eigenvalue weighted by atomic mass is 32.2. The van der Waals surface area contributed by atoms with Crippen LogP contribution in [-0.4, -0.2) is 24.1 Å². The molecule has 1 aliphatic heterocycles. The Morgan fingerprint density at radius 2 is 2.31 bits per heavy atom. The van der Waals surface area contributed by atoms with Crippen LogP contribution >= 0.6 is 0 Å². The zero-order valence-electron chi connectivity index (χ0n) is 7.50. The van der Waals surface area contributed by atoms with Crippen LogP contribution in [0, 0.1) is 0 Å².